The molecule has 0 spiro atoms. The lowest BCUT2D eigenvalue weighted by Gasteiger charge is -2.34. The Morgan fingerprint density at radius 1 is 1.06 bits per heavy atom. The standard InChI is InChI=1S/C33H44N6O8S2/c1-6-35-32(46)47-21-12-18(2)22(19(3)13-21)15-23(34)28(41)39-27-30(43)36-16-26(40)37-24(14-20-10-8-7-9-11-20)29(42)38-25(31(44)45)17-48-49-33(27,4)5/h7-13,23-25,27H,6,14-17,34H2,1-5H3,(H,35,46)(H,36,43)(H,37,40)(H,38,42)(H,39,41)(H,44,45). The average molecular weight is 717 g/mol. The van der Waals surface area contributed by atoms with E-state index >= 15 is 0 Å². The molecule has 0 radical (unpaired) electrons. The maximum atomic E-state index is 13.6. The van der Waals surface area contributed by atoms with E-state index < -0.39 is 71.2 Å². The maximum Gasteiger partial charge on any atom is 0.412 e. The number of aryl methyl sites for hydroxylation is 2. The lowest BCUT2D eigenvalue weighted by Crippen LogP contribution is -2.60. The van der Waals surface area contributed by atoms with Crippen LogP contribution in [0.15, 0.2) is 42.5 Å². The van der Waals surface area contributed by atoms with Gasteiger partial charge in [0.15, 0.2) is 0 Å². The molecule has 5 amide bonds. The first-order valence-corrected chi connectivity index (χ1v) is 18.0. The van der Waals surface area contributed by atoms with E-state index in [1.54, 1.807) is 63.2 Å². The predicted octanol–water partition coefficient (Wildman–Crippen LogP) is 1.35. The van der Waals surface area contributed by atoms with Crippen molar-refractivity contribution in [3.8, 4) is 5.75 Å². The number of hydrogen-bond donors (Lipinski definition) is 7. The van der Waals surface area contributed by atoms with Crippen molar-refractivity contribution in [2.45, 2.75) is 76.4 Å². The smallest absolute Gasteiger partial charge is 0.412 e. The van der Waals surface area contributed by atoms with Crippen LogP contribution in [0.5, 0.6) is 5.75 Å². The van der Waals surface area contributed by atoms with Crippen molar-refractivity contribution in [1.82, 2.24) is 26.6 Å². The Labute approximate surface area is 293 Å². The zero-order valence-electron chi connectivity index (χ0n) is 28.1. The molecule has 8 N–H and O–H groups in total. The molecule has 4 atom stereocenters. The van der Waals surface area contributed by atoms with Crippen LogP contribution in [0.25, 0.3) is 0 Å². The third-order valence-electron chi connectivity index (χ3n) is 7.69. The predicted molar refractivity (Wildman–Crippen MR) is 188 cm³/mol. The Morgan fingerprint density at radius 2 is 1.71 bits per heavy atom. The van der Waals surface area contributed by atoms with Gasteiger partial charge in [0.2, 0.25) is 23.6 Å². The summed E-state index contributed by atoms with van der Waals surface area (Å²) in [6.07, 6.45) is -0.377. The van der Waals surface area contributed by atoms with E-state index in [1.165, 1.54) is 0 Å². The van der Waals surface area contributed by atoms with Gasteiger partial charge in [-0.25, -0.2) is 9.59 Å². The number of carboxylic acid groups (broad SMARTS) is 1. The van der Waals surface area contributed by atoms with Gasteiger partial charge in [-0.1, -0.05) is 51.9 Å². The molecule has 0 bridgehead atoms. The second-order valence-electron chi connectivity index (χ2n) is 12.1. The average Bonchev–Trinajstić information content (AvgIpc) is 3.03. The van der Waals surface area contributed by atoms with Gasteiger partial charge in [0.25, 0.3) is 0 Å². The summed E-state index contributed by atoms with van der Waals surface area (Å²) in [7, 11) is 2.27. The van der Waals surface area contributed by atoms with Gasteiger partial charge in [-0.3, -0.25) is 19.2 Å². The Balaban J connectivity index is 1.79. The lowest BCUT2D eigenvalue weighted by molar-refractivity contribution is -0.141. The third-order valence-corrected chi connectivity index (χ3v) is 11.0. The van der Waals surface area contributed by atoms with E-state index in [4.69, 9.17) is 10.5 Å². The summed E-state index contributed by atoms with van der Waals surface area (Å²) in [6, 6.07) is 7.58. The normalized spacial score (nSPS) is 20.8. The number of carboxylic acids is 1. The van der Waals surface area contributed by atoms with E-state index in [0.29, 0.717) is 12.3 Å². The van der Waals surface area contributed by atoms with Crippen molar-refractivity contribution >= 4 is 57.3 Å². The highest BCUT2D eigenvalue weighted by Gasteiger charge is 2.39. The number of benzene rings is 2. The monoisotopic (exact) mass is 716 g/mol. The molecule has 1 saturated heterocycles. The van der Waals surface area contributed by atoms with Gasteiger partial charge < -0.3 is 42.2 Å². The highest BCUT2D eigenvalue weighted by molar-refractivity contribution is 8.77. The quantitative estimate of drug-likeness (QED) is 0.184. The van der Waals surface area contributed by atoms with Gasteiger partial charge >= 0.3 is 12.1 Å². The number of nitrogens with two attached hydrogens (primary N) is 1. The minimum atomic E-state index is -1.29. The molecule has 1 fully saturated rings. The van der Waals surface area contributed by atoms with Crippen molar-refractivity contribution in [2.75, 3.05) is 18.8 Å². The summed E-state index contributed by atoms with van der Waals surface area (Å²) in [5, 5.41) is 22.8. The Morgan fingerprint density at radius 3 is 2.33 bits per heavy atom. The number of carbonyl (C=O) groups is 6. The van der Waals surface area contributed by atoms with Crippen molar-refractivity contribution in [1.29, 1.82) is 0 Å². The molecular weight excluding hydrogens is 673 g/mol. The molecule has 1 heterocycles. The Kier molecular flexibility index (Phi) is 14.3. The molecule has 3 rings (SSSR count). The molecular formula is C33H44N6O8S2. The van der Waals surface area contributed by atoms with Crippen LogP contribution in [0, 0.1) is 13.8 Å². The van der Waals surface area contributed by atoms with Crippen LogP contribution >= 0.6 is 21.6 Å². The molecule has 16 heteroatoms. The van der Waals surface area contributed by atoms with Crippen LogP contribution in [-0.4, -0.2) is 88.6 Å². The summed E-state index contributed by atoms with van der Waals surface area (Å²) in [5.74, 6) is -3.63. The highest BCUT2D eigenvalue weighted by Crippen LogP contribution is 2.39. The van der Waals surface area contributed by atoms with Gasteiger partial charge in [-0.15, -0.1) is 0 Å². The van der Waals surface area contributed by atoms with E-state index in [2.05, 4.69) is 26.6 Å². The van der Waals surface area contributed by atoms with E-state index in [-0.39, 0.29) is 18.6 Å². The zero-order chi connectivity index (χ0) is 36.3. The van der Waals surface area contributed by atoms with E-state index in [9.17, 15) is 33.9 Å². The number of aliphatic carboxylic acids is 1. The molecule has 14 nitrogen and oxygen atoms in total. The van der Waals surface area contributed by atoms with Crippen molar-refractivity contribution < 1.29 is 38.6 Å². The van der Waals surface area contributed by atoms with Gasteiger partial charge in [0.05, 0.1) is 12.6 Å². The number of nitrogens with one attached hydrogen (secondary N) is 5. The first-order chi connectivity index (χ1) is 23.1. The van der Waals surface area contributed by atoms with Crippen LogP contribution in [0.3, 0.4) is 0 Å². The number of amides is 5. The maximum absolute atomic E-state index is 13.6. The number of hydrogen-bond acceptors (Lipinski definition) is 10. The topological polar surface area (TPSA) is 218 Å². The van der Waals surface area contributed by atoms with Crippen molar-refractivity contribution in [3.63, 3.8) is 0 Å². The van der Waals surface area contributed by atoms with Crippen LogP contribution in [0.1, 0.15) is 43.0 Å². The fraction of sp³-hybridized carbons (Fsp3) is 0.455. The van der Waals surface area contributed by atoms with E-state index in [1.807, 2.05) is 13.8 Å². The summed E-state index contributed by atoms with van der Waals surface area (Å²) in [5.41, 5.74) is 9.36. The fourth-order valence-electron chi connectivity index (χ4n) is 5.06. The molecule has 266 valence electrons. The SMILES string of the molecule is CCNC(=O)Oc1cc(C)c(CC(N)C(=O)NC2C(=O)NCC(=O)NC(Cc3ccccc3)C(=O)NC(C(=O)O)CSSC2(C)C)c(C)c1. The Hall–Kier alpha value is -4.28. The van der Waals surface area contributed by atoms with Crippen molar-refractivity contribution in [2.24, 2.45) is 5.73 Å². The largest absolute Gasteiger partial charge is 0.480 e. The molecule has 4 unspecified atom stereocenters. The first-order valence-electron chi connectivity index (χ1n) is 15.7. The lowest BCUT2D eigenvalue weighted by atomic mass is 9.95. The molecule has 1 aliphatic heterocycles. The summed E-state index contributed by atoms with van der Waals surface area (Å²) in [6.45, 7) is 8.68. The van der Waals surface area contributed by atoms with Crippen LogP contribution in [0.4, 0.5) is 4.79 Å². The molecule has 2 aromatic carbocycles. The summed E-state index contributed by atoms with van der Waals surface area (Å²) < 4.78 is 4.28. The summed E-state index contributed by atoms with van der Waals surface area (Å²) >= 11 is 0. The van der Waals surface area contributed by atoms with Crippen LogP contribution in [0.2, 0.25) is 0 Å². The number of carbonyl (C=O) groups excluding carboxylic acids is 5. The van der Waals surface area contributed by atoms with Gasteiger partial charge in [0, 0.05) is 23.5 Å². The van der Waals surface area contributed by atoms with Gasteiger partial charge in [0.1, 0.15) is 23.9 Å². The second-order valence-corrected chi connectivity index (χ2v) is 15.1. The molecule has 49 heavy (non-hydrogen) atoms. The van der Waals surface area contributed by atoms with Crippen LogP contribution < -0.4 is 37.1 Å². The van der Waals surface area contributed by atoms with Crippen molar-refractivity contribution in [3.05, 3.63) is 64.7 Å². The van der Waals surface area contributed by atoms with E-state index in [0.717, 1.165) is 43.8 Å². The second kappa shape index (κ2) is 17.9. The van der Waals surface area contributed by atoms with Gasteiger partial charge in [-0.05, 0) is 75.4 Å². The molecule has 0 aliphatic carbocycles. The minimum absolute atomic E-state index is 0.0681. The molecule has 2 aromatic rings. The first kappa shape index (κ1) is 39.2. The van der Waals surface area contributed by atoms with Gasteiger partial charge in [-0.2, -0.15) is 0 Å². The zero-order valence-corrected chi connectivity index (χ0v) is 29.7. The highest BCUT2D eigenvalue weighted by atomic mass is 33.1. The third kappa shape index (κ3) is 11.7. The number of ether oxygens (including phenoxy) is 1. The molecule has 0 aromatic heterocycles. The molecule has 1 aliphatic rings. The summed E-state index contributed by atoms with van der Waals surface area (Å²) in [4.78, 5) is 77.1. The Bertz CT molecular complexity index is 1520. The van der Waals surface area contributed by atoms with Crippen LogP contribution in [-0.2, 0) is 36.8 Å². The minimum Gasteiger partial charge on any atom is -0.480 e. The molecule has 0 saturated carbocycles. The fourth-order valence-corrected chi connectivity index (χ4v) is 7.87. The number of rotatable bonds is 9.